The van der Waals surface area contributed by atoms with E-state index < -0.39 is 0 Å². The van der Waals surface area contributed by atoms with Crippen LogP contribution in [0.3, 0.4) is 0 Å². The van der Waals surface area contributed by atoms with Crippen molar-refractivity contribution >= 4 is 45.8 Å². The minimum Gasteiger partial charge on any atom is -1.00 e. The number of thioether (sulfide) groups is 1. The molecule has 0 aromatic heterocycles. The molecule has 2 N–H and O–H groups in total. The number of fused-ring (bicyclic) bond motifs is 1. The predicted octanol–water partition coefficient (Wildman–Crippen LogP) is 1.65. The van der Waals surface area contributed by atoms with Gasteiger partial charge in [-0.05, 0) is 29.8 Å². The normalized spacial score (nSPS) is 13.3. The number of nitrogens with two attached hydrogens (primary N) is 1. The molecular weight excluding hydrogens is 391 g/mol. The van der Waals surface area contributed by atoms with Gasteiger partial charge in [0.1, 0.15) is 13.2 Å². The number of aliphatic imine (C=N–C) groups is 1. The Labute approximate surface area is 160 Å². The summed E-state index contributed by atoms with van der Waals surface area (Å²) in [5.41, 5.74) is 7.74. The van der Waals surface area contributed by atoms with Gasteiger partial charge in [-0.25, -0.2) is 4.99 Å². The summed E-state index contributed by atoms with van der Waals surface area (Å²) < 4.78 is 11.0. The van der Waals surface area contributed by atoms with Crippen molar-refractivity contribution < 1.29 is 21.9 Å². The smallest absolute Gasteiger partial charge is 0.163 e. The molecule has 0 radical (unpaired) electrons. The Morgan fingerprint density at radius 3 is 2.54 bits per heavy atom. The van der Waals surface area contributed by atoms with Gasteiger partial charge in [0.05, 0.1) is 15.7 Å². The molecule has 0 spiro atoms. The van der Waals surface area contributed by atoms with Crippen molar-refractivity contribution in [2.45, 2.75) is 5.75 Å². The summed E-state index contributed by atoms with van der Waals surface area (Å²) in [4.78, 5) is 4.38. The second-order valence-corrected chi connectivity index (χ2v) is 6.63. The molecule has 0 amide bonds. The van der Waals surface area contributed by atoms with Gasteiger partial charge in [0.15, 0.2) is 16.7 Å². The zero-order chi connectivity index (χ0) is 16.2. The lowest BCUT2D eigenvalue weighted by atomic mass is 10.2. The Hall–Kier alpha value is -1.27. The van der Waals surface area contributed by atoms with E-state index in [9.17, 15) is 0 Å². The van der Waals surface area contributed by atoms with E-state index >= 15 is 0 Å². The Kier molecular flexibility index (Phi) is 6.92. The van der Waals surface area contributed by atoms with E-state index in [2.05, 4.69) is 4.99 Å². The van der Waals surface area contributed by atoms with Gasteiger partial charge in [0.2, 0.25) is 0 Å². The van der Waals surface area contributed by atoms with E-state index in [-0.39, 0.29) is 12.4 Å². The number of ether oxygens (including phenoxy) is 2. The van der Waals surface area contributed by atoms with Crippen molar-refractivity contribution in [1.29, 1.82) is 0 Å². The molecule has 0 aliphatic carbocycles. The highest BCUT2D eigenvalue weighted by Crippen LogP contribution is 2.34. The van der Waals surface area contributed by atoms with E-state index in [4.69, 9.17) is 38.4 Å². The average molecular weight is 405 g/mol. The van der Waals surface area contributed by atoms with Gasteiger partial charge < -0.3 is 27.6 Å². The van der Waals surface area contributed by atoms with Crippen molar-refractivity contribution in [2.75, 3.05) is 13.2 Å². The third kappa shape index (κ3) is 4.86. The van der Waals surface area contributed by atoms with Crippen molar-refractivity contribution in [2.24, 2.45) is 10.7 Å². The minimum absolute atomic E-state index is 0. The maximum Gasteiger partial charge on any atom is 0.163 e. The third-order valence-corrected chi connectivity index (χ3v) is 4.74. The Morgan fingerprint density at radius 2 is 1.79 bits per heavy atom. The number of nitrogens with zero attached hydrogens (tertiary/aromatic N) is 1. The zero-order valence-corrected chi connectivity index (χ0v) is 15.6. The molecule has 0 atom stereocenters. The molecule has 1 aliphatic heterocycles. The highest BCUT2D eigenvalue weighted by Gasteiger charge is 2.11. The molecule has 128 valence electrons. The van der Waals surface area contributed by atoms with Crippen LogP contribution in [0.4, 0.5) is 5.69 Å². The topological polar surface area (TPSA) is 56.8 Å². The highest BCUT2D eigenvalue weighted by molar-refractivity contribution is 8.13. The number of halogens is 3. The summed E-state index contributed by atoms with van der Waals surface area (Å²) in [6.45, 7) is 1.11. The molecule has 0 saturated heterocycles. The molecule has 0 saturated carbocycles. The van der Waals surface area contributed by atoms with Crippen LogP contribution in [-0.2, 0) is 5.75 Å². The van der Waals surface area contributed by atoms with Crippen LogP contribution in [-0.4, -0.2) is 18.4 Å². The summed E-state index contributed by atoms with van der Waals surface area (Å²) >= 11 is 13.3. The molecule has 0 bridgehead atoms. The maximum atomic E-state index is 6.00. The van der Waals surface area contributed by atoms with Gasteiger partial charge in [0.25, 0.3) is 0 Å². The second-order valence-electron chi connectivity index (χ2n) is 4.82. The Morgan fingerprint density at radius 1 is 1.04 bits per heavy atom. The maximum absolute atomic E-state index is 6.00. The molecule has 8 heteroatoms. The number of rotatable bonds is 3. The fourth-order valence-corrected chi connectivity index (χ4v) is 3.03. The van der Waals surface area contributed by atoms with Crippen LogP contribution < -0.4 is 27.6 Å². The molecule has 2 aromatic rings. The Bertz CT molecular complexity index is 756. The Balaban J connectivity index is 0.00000208. The van der Waals surface area contributed by atoms with Crippen LogP contribution in [0.25, 0.3) is 0 Å². The first-order valence-electron chi connectivity index (χ1n) is 6.92. The first-order chi connectivity index (χ1) is 11.1. The van der Waals surface area contributed by atoms with Gasteiger partial charge in [-0.15, -0.1) is 0 Å². The van der Waals surface area contributed by atoms with Gasteiger partial charge in [-0.2, -0.15) is 0 Å². The fraction of sp³-hybridized carbons (Fsp3) is 0.188. The van der Waals surface area contributed by atoms with Crippen LogP contribution in [0, 0.1) is 0 Å². The molecule has 0 fully saturated rings. The first kappa shape index (κ1) is 19.1. The number of benzene rings is 2. The van der Waals surface area contributed by atoms with E-state index in [1.807, 2.05) is 30.3 Å². The number of hydrogen-bond acceptors (Lipinski definition) is 4. The van der Waals surface area contributed by atoms with Crippen LogP contribution in [0.2, 0.25) is 10.0 Å². The lowest BCUT2D eigenvalue weighted by Crippen LogP contribution is -3.00. The molecule has 4 nitrogen and oxygen atoms in total. The molecule has 2 aromatic carbocycles. The van der Waals surface area contributed by atoms with Gasteiger partial charge in [0, 0.05) is 11.8 Å². The zero-order valence-electron chi connectivity index (χ0n) is 12.5. The van der Waals surface area contributed by atoms with Gasteiger partial charge >= 0.3 is 0 Å². The van der Waals surface area contributed by atoms with Crippen LogP contribution in [0.15, 0.2) is 41.4 Å². The standard InChI is InChI=1S/C16H14Cl2N2O2S.ClH/c17-12-3-1-10(7-13(12)18)9-23-16(19)20-11-2-4-14-15(8-11)22-6-5-21-14;/h1-4,7-8H,5-6,9H2,(H2,19,20);1H/p-1. The van der Waals surface area contributed by atoms with Crippen molar-refractivity contribution in [3.8, 4) is 11.5 Å². The summed E-state index contributed by atoms with van der Waals surface area (Å²) in [6.07, 6.45) is 0. The summed E-state index contributed by atoms with van der Waals surface area (Å²) in [7, 11) is 0. The number of hydrogen-bond donors (Lipinski definition) is 1. The lowest BCUT2D eigenvalue weighted by Gasteiger charge is -2.18. The van der Waals surface area contributed by atoms with Crippen molar-refractivity contribution in [3.63, 3.8) is 0 Å². The van der Waals surface area contributed by atoms with Gasteiger partial charge in [-0.1, -0.05) is 41.0 Å². The molecule has 0 unspecified atom stereocenters. The molecular formula is C16H14Cl3N2O2S-. The van der Waals surface area contributed by atoms with Crippen molar-refractivity contribution in [1.82, 2.24) is 0 Å². The van der Waals surface area contributed by atoms with Crippen LogP contribution in [0.5, 0.6) is 11.5 Å². The summed E-state index contributed by atoms with van der Waals surface area (Å²) in [5, 5.41) is 1.54. The largest absolute Gasteiger partial charge is 1.00 e. The van der Waals surface area contributed by atoms with Crippen molar-refractivity contribution in [3.05, 3.63) is 52.0 Å². The summed E-state index contributed by atoms with van der Waals surface area (Å²) in [6, 6.07) is 11.0. The molecule has 24 heavy (non-hydrogen) atoms. The predicted molar refractivity (Wildman–Crippen MR) is 96.5 cm³/mol. The summed E-state index contributed by atoms with van der Waals surface area (Å²) in [5.74, 6) is 2.09. The number of amidine groups is 1. The second kappa shape index (κ2) is 8.72. The third-order valence-electron chi connectivity index (χ3n) is 3.14. The van der Waals surface area contributed by atoms with E-state index in [0.29, 0.717) is 39.9 Å². The fourth-order valence-electron chi connectivity index (χ4n) is 2.05. The minimum atomic E-state index is 0. The van der Waals surface area contributed by atoms with E-state index in [1.54, 1.807) is 6.07 Å². The molecule has 3 rings (SSSR count). The van der Waals surface area contributed by atoms with E-state index in [1.165, 1.54) is 11.8 Å². The first-order valence-corrected chi connectivity index (χ1v) is 8.66. The SMILES string of the molecule is NC(=Nc1ccc2c(c1)OCCO2)SCc1ccc(Cl)c(Cl)c1.[Cl-]. The molecule has 1 heterocycles. The van der Waals surface area contributed by atoms with Crippen LogP contribution >= 0.6 is 35.0 Å². The average Bonchev–Trinajstić information content (AvgIpc) is 2.56. The van der Waals surface area contributed by atoms with Gasteiger partial charge in [-0.3, -0.25) is 0 Å². The van der Waals surface area contributed by atoms with Crippen LogP contribution in [0.1, 0.15) is 5.56 Å². The lowest BCUT2D eigenvalue weighted by molar-refractivity contribution is -0.00000511. The quantitative estimate of drug-likeness (QED) is 0.624. The molecule has 1 aliphatic rings. The van der Waals surface area contributed by atoms with E-state index in [0.717, 1.165) is 17.0 Å². The highest BCUT2D eigenvalue weighted by atomic mass is 35.5. The monoisotopic (exact) mass is 403 g/mol.